The Hall–Kier alpha value is -3.15. The number of benzene rings is 2. The van der Waals surface area contributed by atoms with Gasteiger partial charge in [0.25, 0.3) is 0 Å². The molecule has 1 aromatic heterocycles. The fourth-order valence-electron chi connectivity index (χ4n) is 5.10. The molecule has 0 aliphatic carbocycles. The van der Waals surface area contributed by atoms with E-state index in [1.807, 2.05) is 62.1 Å². The average molecular weight is 432 g/mol. The Morgan fingerprint density at radius 3 is 2.75 bits per heavy atom. The lowest BCUT2D eigenvalue weighted by Crippen LogP contribution is -2.47. The molecule has 2 aromatic carbocycles. The van der Waals surface area contributed by atoms with Crippen LogP contribution in [-0.4, -0.2) is 45.6 Å². The number of ketones is 1. The molecule has 2 aliphatic rings. The van der Waals surface area contributed by atoms with Crippen LogP contribution in [0.2, 0.25) is 0 Å². The van der Waals surface area contributed by atoms with Gasteiger partial charge in [0, 0.05) is 31.1 Å². The van der Waals surface area contributed by atoms with E-state index in [0.717, 1.165) is 47.1 Å². The molecule has 1 saturated heterocycles. The molecular formula is C26H29N3O3. The first kappa shape index (κ1) is 20.7. The number of Topliss-reactive ketones (excluding diaryl/α,β-unsaturated/α-hetero) is 1. The maximum Gasteiger partial charge on any atom is 0.244 e. The minimum Gasteiger partial charge on any atom is -0.489 e. The number of hydrogen-bond donors (Lipinski definition) is 0. The van der Waals surface area contributed by atoms with Gasteiger partial charge >= 0.3 is 0 Å². The van der Waals surface area contributed by atoms with Crippen LogP contribution in [0.3, 0.4) is 0 Å². The fourth-order valence-corrected chi connectivity index (χ4v) is 5.10. The van der Waals surface area contributed by atoms with Gasteiger partial charge in [-0.25, -0.2) is 0 Å². The molecule has 2 aliphatic heterocycles. The van der Waals surface area contributed by atoms with E-state index in [0.29, 0.717) is 24.3 Å². The molecule has 1 amide bonds. The standard InChI is InChI=1S/C26H29N3O3/c1-16-17(2)27-29(18(16)3)15-25(31)28-12-6-8-20(14-28)24-13-22(30)26-21-9-5-4-7-19(21)10-11-23(26)32-24/h4-5,7,9-11,20,24H,6,8,12-15H2,1-3H3/t20-,24+/m1/s1. The van der Waals surface area contributed by atoms with E-state index in [1.54, 1.807) is 4.68 Å². The summed E-state index contributed by atoms with van der Waals surface area (Å²) >= 11 is 0. The monoisotopic (exact) mass is 431 g/mol. The van der Waals surface area contributed by atoms with E-state index in [2.05, 4.69) is 5.10 Å². The van der Waals surface area contributed by atoms with Crippen LogP contribution in [0.4, 0.5) is 0 Å². The number of ether oxygens (including phenoxy) is 1. The quantitative estimate of drug-likeness (QED) is 0.622. The Morgan fingerprint density at radius 1 is 1.16 bits per heavy atom. The summed E-state index contributed by atoms with van der Waals surface area (Å²) in [4.78, 5) is 28.1. The van der Waals surface area contributed by atoms with E-state index in [1.165, 1.54) is 0 Å². The van der Waals surface area contributed by atoms with Gasteiger partial charge in [0.1, 0.15) is 18.4 Å². The predicted octanol–water partition coefficient (Wildman–Crippen LogP) is 4.23. The third kappa shape index (κ3) is 3.57. The van der Waals surface area contributed by atoms with Crippen molar-refractivity contribution in [2.45, 2.75) is 52.7 Å². The van der Waals surface area contributed by atoms with Crippen LogP contribution < -0.4 is 4.74 Å². The van der Waals surface area contributed by atoms with Crippen molar-refractivity contribution in [3.05, 3.63) is 58.9 Å². The Kier molecular flexibility index (Phi) is 5.24. The molecule has 0 unspecified atom stereocenters. The number of piperidine rings is 1. The smallest absolute Gasteiger partial charge is 0.244 e. The molecule has 2 atom stereocenters. The van der Waals surface area contributed by atoms with Gasteiger partial charge < -0.3 is 9.64 Å². The fraction of sp³-hybridized carbons (Fsp3) is 0.423. The number of carbonyl (C=O) groups is 2. The van der Waals surface area contributed by atoms with Crippen LogP contribution in [0.15, 0.2) is 36.4 Å². The van der Waals surface area contributed by atoms with Gasteiger partial charge in [0.15, 0.2) is 5.78 Å². The van der Waals surface area contributed by atoms with Crippen molar-refractivity contribution in [3.63, 3.8) is 0 Å². The molecule has 32 heavy (non-hydrogen) atoms. The third-order valence-corrected chi connectivity index (χ3v) is 7.20. The highest BCUT2D eigenvalue weighted by atomic mass is 16.5. The summed E-state index contributed by atoms with van der Waals surface area (Å²) in [5.41, 5.74) is 3.83. The summed E-state index contributed by atoms with van der Waals surface area (Å²) in [5, 5.41) is 6.52. The van der Waals surface area contributed by atoms with Crippen LogP contribution in [0.1, 0.15) is 46.6 Å². The molecule has 6 heteroatoms. The van der Waals surface area contributed by atoms with Crippen LogP contribution in [0, 0.1) is 26.7 Å². The Morgan fingerprint density at radius 2 is 1.97 bits per heavy atom. The third-order valence-electron chi connectivity index (χ3n) is 7.20. The predicted molar refractivity (Wildman–Crippen MR) is 123 cm³/mol. The molecule has 3 aromatic rings. The van der Waals surface area contributed by atoms with Crippen molar-refractivity contribution in [2.75, 3.05) is 13.1 Å². The molecule has 0 saturated carbocycles. The molecule has 6 nitrogen and oxygen atoms in total. The summed E-state index contributed by atoms with van der Waals surface area (Å²) in [5.74, 6) is 1.04. The molecule has 0 radical (unpaired) electrons. The van der Waals surface area contributed by atoms with Gasteiger partial charge in [0.2, 0.25) is 5.91 Å². The average Bonchev–Trinajstić information content (AvgIpc) is 3.05. The lowest BCUT2D eigenvalue weighted by molar-refractivity contribution is -0.134. The van der Waals surface area contributed by atoms with Crippen LogP contribution in [0.25, 0.3) is 10.8 Å². The van der Waals surface area contributed by atoms with Crippen molar-refractivity contribution in [2.24, 2.45) is 5.92 Å². The van der Waals surface area contributed by atoms with Crippen molar-refractivity contribution in [1.29, 1.82) is 0 Å². The van der Waals surface area contributed by atoms with Gasteiger partial charge in [-0.2, -0.15) is 5.10 Å². The first-order valence-electron chi connectivity index (χ1n) is 11.4. The summed E-state index contributed by atoms with van der Waals surface area (Å²) < 4.78 is 8.16. The molecule has 166 valence electrons. The SMILES string of the molecule is Cc1nn(CC(=O)N2CCC[C@@H]([C@@H]3CC(=O)c4c(ccc5ccccc45)O3)C2)c(C)c1C. The number of rotatable bonds is 3. The van der Waals surface area contributed by atoms with E-state index < -0.39 is 0 Å². The second-order valence-electron chi connectivity index (χ2n) is 9.14. The number of fused-ring (bicyclic) bond motifs is 3. The Labute approximate surface area is 188 Å². The normalized spacial score (nSPS) is 20.8. The highest BCUT2D eigenvalue weighted by molar-refractivity contribution is 6.11. The van der Waals surface area contributed by atoms with Gasteiger partial charge in [-0.1, -0.05) is 30.3 Å². The minimum atomic E-state index is -0.192. The number of aromatic nitrogens is 2. The van der Waals surface area contributed by atoms with Crippen molar-refractivity contribution >= 4 is 22.5 Å². The number of hydrogen-bond acceptors (Lipinski definition) is 4. The molecule has 0 N–H and O–H groups in total. The first-order chi connectivity index (χ1) is 15.4. The maximum atomic E-state index is 13.1. The van der Waals surface area contributed by atoms with Gasteiger partial charge in [0.05, 0.1) is 11.3 Å². The molecule has 5 rings (SSSR count). The zero-order valence-electron chi connectivity index (χ0n) is 18.9. The highest BCUT2D eigenvalue weighted by Gasteiger charge is 2.36. The highest BCUT2D eigenvalue weighted by Crippen LogP contribution is 2.37. The molecular weight excluding hydrogens is 402 g/mol. The second kappa shape index (κ2) is 8.08. The molecule has 3 heterocycles. The molecule has 0 spiro atoms. The van der Waals surface area contributed by atoms with Gasteiger partial charge in [-0.3, -0.25) is 14.3 Å². The maximum absolute atomic E-state index is 13.1. The van der Waals surface area contributed by atoms with Crippen LogP contribution >= 0.6 is 0 Å². The number of nitrogens with zero attached hydrogens (tertiary/aromatic N) is 3. The van der Waals surface area contributed by atoms with Gasteiger partial charge in [-0.05, 0) is 56.0 Å². The Balaban J connectivity index is 1.31. The number of amides is 1. The number of likely N-dealkylation sites (tertiary alicyclic amines) is 1. The lowest BCUT2D eigenvalue weighted by atomic mass is 9.85. The lowest BCUT2D eigenvalue weighted by Gasteiger charge is -2.38. The summed E-state index contributed by atoms with van der Waals surface area (Å²) in [6, 6.07) is 11.9. The first-order valence-corrected chi connectivity index (χ1v) is 11.4. The van der Waals surface area contributed by atoms with E-state index in [9.17, 15) is 9.59 Å². The zero-order valence-corrected chi connectivity index (χ0v) is 18.9. The van der Waals surface area contributed by atoms with Crippen LogP contribution in [0.5, 0.6) is 5.75 Å². The van der Waals surface area contributed by atoms with E-state index in [4.69, 9.17) is 4.74 Å². The van der Waals surface area contributed by atoms with Gasteiger partial charge in [-0.15, -0.1) is 0 Å². The van der Waals surface area contributed by atoms with E-state index >= 15 is 0 Å². The Bertz CT molecular complexity index is 1210. The summed E-state index contributed by atoms with van der Waals surface area (Å²) in [6.07, 6.45) is 2.06. The number of carbonyl (C=O) groups excluding carboxylic acids is 2. The topological polar surface area (TPSA) is 64.4 Å². The summed E-state index contributed by atoms with van der Waals surface area (Å²) in [7, 11) is 0. The second-order valence-corrected chi connectivity index (χ2v) is 9.14. The summed E-state index contributed by atoms with van der Waals surface area (Å²) in [6.45, 7) is 7.64. The molecule has 1 fully saturated rings. The zero-order chi connectivity index (χ0) is 22.4. The van der Waals surface area contributed by atoms with Crippen molar-refractivity contribution in [3.8, 4) is 5.75 Å². The van der Waals surface area contributed by atoms with Crippen molar-refractivity contribution in [1.82, 2.24) is 14.7 Å². The number of aryl methyl sites for hydroxylation is 1. The van der Waals surface area contributed by atoms with Crippen LogP contribution in [-0.2, 0) is 11.3 Å². The van der Waals surface area contributed by atoms with E-state index in [-0.39, 0.29) is 30.3 Å². The largest absolute Gasteiger partial charge is 0.489 e. The molecule has 0 bridgehead atoms. The minimum absolute atomic E-state index is 0.0776. The van der Waals surface area contributed by atoms with Crippen molar-refractivity contribution < 1.29 is 14.3 Å².